The van der Waals surface area contributed by atoms with E-state index in [0.29, 0.717) is 5.69 Å². The fraction of sp³-hybridized carbons (Fsp3) is 0.150. The number of carbonyl (C=O) groups is 1. The molecular formula is C20H17N3O11S3-2. The summed E-state index contributed by atoms with van der Waals surface area (Å²) in [5.41, 5.74) is -0.353. The third-order valence-corrected chi connectivity index (χ3v) is 7.68. The third-order valence-electron chi connectivity index (χ3n) is 4.68. The van der Waals surface area contributed by atoms with E-state index in [1.807, 2.05) is 0 Å². The van der Waals surface area contributed by atoms with Crippen molar-refractivity contribution in [2.75, 3.05) is 17.7 Å². The lowest BCUT2D eigenvalue weighted by molar-refractivity contribution is -0.114. The predicted octanol–water partition coefficient (Wildman–Crippen LogP) is 2.07. The number of phenolic OH excluding ortho intramolecular Hbond substituents is 1. The SMILES string of the molecule is CC(=O)Nc1ccc2c(O)c(N=Nc3ccc(S(=O)(=O)CCOS(=O)(=O)[O-])cc3)c(S(=O)(=O)[O-])cc2c1. The summed E-state index contributed by atoms with van der Waals surface area (Å²) in [5.74, 6) is -1.86. The van der Waals surface area contributed by atoms with Crippen LogP contribution in [-0.2, 0) is 39.3 Å². The Kier molecular flexibility index (Phi) is 7.96. The quantitative estimate of drug-likeness (QED) is 0.214. The third kappa shape index (κ3) is 7.28. The number of carbonyl (C=O) groups excluding carboxylic acids is 1. The molecule has 0 unspecified atom stereocenters. The number of anilines is 1. The maximum atomic E-state index is 12.2. The van der Waals surface area contributed by atoms with E-state index >= 15 is 0 Å². The lowest BCUT2D eigenvalue weighted by atomic mass is 10.1. The van der Waals surface area contributed by atoms with Crippen LogP contribution in [0.1, 0.15) is 6.92 Å². The van der Waals surface area contributed by atoms with Crippen molar-refractivity contribution >= 4 is 64.1 Å². The number of azo groups is 1. The summed E-state index contributed by atoms with van der Waals surface area (Å²) in [6, 6.07) is 9.65. The lowest BCUT2D eigenvalue weighted by Crippen LogP contribution is -2.15. The van der Waals surface area contributed by atoms with Crippen molar-refractivity contribution in [3.05, 3.63) is 48.5 Å². The molecule has 0 radical (unpaired) electrons. The van der Waals surface area contributed by atoms with Gasteiger partial charge in [0, 0.05) is 18.0 Å². The average Bonchev–Trinajstić information content (AvgIpc) is 2.76. The van der Waals surface area contributed by atoms with Gasteiger partial charge in [-0.15, -0.1) is 5.11 Å². The number of hydrogen-bond acceptors (Lipinski definition) is 13. The Balaban J connectivity index is 1.95. The molecule has 37 heavy (non-hydrogen) atoms. The molecule has 0 aliphatic heterocycles. The van der Waals surface area contributed by atoms with Crippen molar-refractivity contribution < 1.29 is 48.4 Å². The summed E-state index contributed by atoms with van der Waals surface area (Å²) in [6.07, 6.45) is 0. The van der Waals surface area contributed by atoms with Crippen LogP contribution in [0, 0.1) is 0 Å². The van der Waals surface area contributed by atoms with E-state index in [1.54, 1.807) is 0 Å². The Morgan fingerprint density at radius 2 is 1.62 bits per heavy atom. The number of fused-ring (bicyclic) bond motifs is 1. The van der Waals surface area contributed by atoms with E-state index in [0.717, 1.165) is 18.2 Å². The molecule has 0 heterocycles. The predicted molar refractivity (Wildman–Crippen MR) is 126 cm³/mol. The van der Waals surface area contributed by atoms with Crippen LogP contribution in [0.15, 0.2) is 68.6 Å². The molecule has 17 heteroatoms. The minimum absolute atomic E-state index is 0.00656. The first kappa shape index (κ1) is 28.1. The highest BCUT2D eigenvalue weighted by Gasteiger charge is 2.19. The van der Waals surface area contributed by atoms with Gasteiger partial charge >= 0.3 is 0 Å². The van der Waals surface area contributed by atoms with Crippen LogP contribution >= 0.6 is 0 Å². The topological polar surface area (TPSA) is 232 Å². The van der Waals surface area contributed by atoms with Crippen LogP contribution in [0.25, 0.3) is 10.8 Å². The maximum Gasteiger partial charge on any atom is 0.221 e. The van der Waals surface area contributed by atoms with Crippen LogP contribution in [0.3, 0.4) is 0 Å². The molecular weight excluding hydrogens is 554 g/mol. The number of amides is 1. The fourth-order valence-corrected chi connectivity index (χ4v) is 5.24. The van der Waals surface area contributed by atoms with Gasteiger partial charge < -0.3 is 19.5 Å². The summed E-state index contributed by atoms with van der Waals surface area (Å²) < 4.78 is 95.2. The number of hydrogen-bond donors (Lipinski definition) is 2. The van der Waals surface area contributed by atoms with Crippen molar-refractivity contribution in [1.82, 2.24) is 0 Å². The molecule has 0 aliphatic rings. The minimum atomic E-state index is -5.14. The van der Waals surface area contributed by atoms with Gasteiger partial charge in [-0.25, -0.2) is 25.3 Å². The average molecular weight is 572 g/mol. The zero-order valence-electron chi connectivity index (χ0n) is 18.7. The molecule has 2 N–H and O–H groups in total. The normalized spacial score (nSPS) is 12.7. The molecule has 0 spiro atoms. The minimum Gasteiger partial charge on any atom is -0.744 e. The van der Waals surface area contributed by atoms with Crippen molar-refractivity contribution in [2.45, 2.75) is 16.7 Å². The smallest absolute Gasteiger partial charge is 0.221 e. The second kappa shape index (κ2) is 10.5. The monoisotopic (exact) mass is 571 g/mol. The Bertz CT molecular complexity index is 1720. The molecule has 14 nitrogen and oxygen atoms in total. The van der Waals surface area contributed by atoms with E-state index in [2.05, 4.69) is 19.7 Å². The van der Waals surface area contributed by atoms with Gasteiger partial charge in [0.25, 0.3) is 0 Å². The van der Waals surface area contributed by atoms with E-state index < -0.39 is 65.0 Å². The number of sulfone groups is 1. The van der Waals surface area contributed by atoms with Gasteiger partial charge in [0.2, 0.25) is 16.3 Å². The van der Waals surface area contributed by atoms with Crippen molar-refractivity contribution in [3.63, 3.8) is 0 Å². The lowest BCUT2D eigenvalue weighted by Gasteiger charge is -2.14. The summed E-state index contributed by atoms with van der Waals surface area (Å²) >= 11 is 0. The van der Waals surface area contributed by atoms with Gasteiger partial charge in [-0.2, -0.15) is 5.11 Å². The molecule has 0 bridgehead atoms. The Morgan fingerprint density at radius 3 is 2.19 bits per heavy atom. The van der Waals surface area contributed by atoms with E-state index in [1.165, 1.54) is 37.3 Å². The second-order valence-electron chi connectivity index (χ2n) is 7.39. The highest BCUT2D eigenvalue weighted by atomic mass is 32.3. The van der Waals surface area contributed by atoms with Gasteiger partial charge in [-0.3, -0.25) is 8.98 Å². The molecule has 0 aliphatic carbocycles. The highest BCUT2D eigenvalue weighted by Crippen LogP contribution is 2.42. The molecule has 0 atom stereocenters. The van der Waals surface area contributed by atoms with Gasteiger partial charge in [-0.05, 0) is 53.9 Å². The van der Waals surface area contributed by atoms with Gasteiger partial charge in [0.1, 0.15) is 15.8 Å². The summed E-state index contributed by atoms with van der Waals surface area (Å²) in [5, 5.41) is 20.8. The van der Waals surface area contributed by atoms with Crippen molar-refractivity contribution in [2.24, 2.45) is 10.2 Å². The van der Waals surface area contributed by atoms with Crippen molar-refractivity contribution in [3.8, 4) is 5.75 Å². The number of aromatic hydroxyl groups is 1. The number of benzene rings is 3. The first-order valence-corrected chi connectivity index (χ1v) is 14.3. The zero-order chi connectivity index (χ0) is 27.6. The largest absolute Gasteiger partial charge is 0.744 e. The van der Waals surface area contributed by atoms with Crippen LogP contribution in [0.2, 0.25) is 0 Å². The molecule has 3 aromatic rings. The Labute approximate surface area is 211 Å². The first-order chi connectivity index (χ1) is 17.1. The van der Waals surface area contributed by atoms with Crippen LogP contribution < -0.4 is 5.32 Å². The molecule has 0 saturated heterocycles. The summed E-state index contributed by atoms with van der Waals surface area (Å²) in [6.45, 7) is 0.381. The maximum absolute atomic E-state index is 12.2. The van der Waals surface area contributed by atoms with Gasteiger partial charge in [-0.1, -0.05) is 0 Å². The summed E-state index contributed by atoms with van der Waals surface area (Å²) in [4.78, 5) is 10.1. The molecule has 0 saturated carbocycles. The van der Waals surface area contributed by atoms with Crippen molar-refractivity contribution in [1.29, 1.82) is 0 Å². The first-order valence-electron chi connectivity index (χ1n) is 9.95. The number of rotatable bonds is 9. The van der Waals surface area contributed by atoms with Crippen LogP contribution in [-0.4, -0.2) is 57.7 Å². The number of phenols is 1. The van der Waals surface area contributed by atoms with Gasteiger partial charge in [0.05, 0.1) is 27.8 Å². The number of nitrogens with one attached hydrogen (secondary N) is 1. The standard InChI is InChI=1S/C20H19N3O11S3/c1-12(24)21-15-4-7-17-13(10-15)11-18(36(28,29)30)19(20(17)25)23-22-14-2-5-16(6-3-14)35(26,27)9-8-34-37(31,32)33/h2-7,10-11,25H,8-9H2,1H3,(H,21,24)(H,28,29,30)(H,31,32,33)/p-2. The van der Waals surface area contributed by atoms with E-state index in [4.69, 9.17) is 0 Å². The highest BCUT2D eigenvalue weighted by molar-refractivity contribution is 7.91. The molecule has 0 aromatic heterocycles. The van der Waals surface area contributed by atoms with E-state index in [9.17, 15) is 44.3 Å². The fourth-order valence-electron chi connectivity index (χ4n) is 3.11. The second-order valence-corrected chi connectivity index (χ2v) is 11.9. The summed E-state index contributed by atoms with van der Waals surface area (Å²) in [7, 11) is -14.2. The molecule has 3 rings (SSSR count). The molecule has 198 valence electrons. The van der Waals surface area contributed by atoms with E-state index in [-0.39, 0.29) is 21.4 Å². The zero-order valence-corrected chi connectivity index (χ0v) is 21.1. The van der Waals surface area contributed by atoms with Crippen LogP contribution in [0.5, 0.6) is 5.75 Å². The Hall–Kier alpha value is -3.48. The Morgan fingerprint density at radius 1 is 0.973 bits per heavy atom. The molecule has 3 aromatic carbocycles. The number of nitrogens with zero attached hydrogens (tertiary/aromatic N) is 2. The molecule has 0 fully saturated rings. The van der Waals surface area contributed by atoms with Crippen LogP contribution in [0.4, 0.5) is 17.1 Å². The molecule has 1 amide bonds. The van der Waals surface area contributed by atoms with Gasteiger partial charge in [0.15, 0.2) is 15.6 Å².